The Balaban J connectivity index is 2.21. The van der Waals surface area contributed by atoms with E-state index in [-0.39, 0.29) is 0 Å². The average Bonchev–Trinajstić information content (AvgIpc) is 2.56. The monoisotopic (exact) mass is 276 g/mol. The van der Waals surface area contributed by atoms with Crippen molar-refractivity contribution in [3.8, 4) is 22.4 Å². The number of benzene rings is 2. The molecule has 2 N–H and O–H groups in total. The Kier molecular flexibility index (Phi) is 3.62. The zero-order valence-electron chi connectivity index (χ0n) is 11.8. The highest BCUT2D eigenvalue weighted by Gasteiger charge is 2.12. The second kappa shape index (κ2) is 5.73. The number of hydrazine groups is 1. The van der Waals surface area contributed by atoms with E-state index in [0.29, 0.717) is 5.82 Å². The van der Waals surface area contributed by atoms with Gasteiger partial charge in [-0.2, -0.15) is 0 Å². The molecule has 4 nitrogen and oxygen atoms in total. The highest BCUT2D eigenvalue weighted by atomic mass is 15.4. The predicted molar refractivity (Wildman–Crippen MR) is 85.5 cm³/mol. The lowest BCUT2D eigenvalue weighted by molar-refractivity contribution is 0.922. The Labute approximate surface area is 123 Å². The normalized spacial score (nSPS) is 10.4. The summed E-state index contributed by atoms with van der Waals surface area (Å²) < 4.78 is 0. The SMILES string of the molecule is CN(N)c1cc(-c2ccccc2)c(-c2ccccc2)nn1. The van der Waals surface area contributed by atoms with Gasteiger partial charge in [-0.25, -0.2) is 5.84 Å². The van der Waals surface area contributed by atoms with Crippen LogP contribution in [-0.4, -0.2) is 17.2 Å². The van der Waals surface area contributed by atoms with Crippen molar-refractivity contribution in [1.29, 1.82) is 0 Å². The quantitative estimate of drug-likeness (QED) is 0.590. The summed E-state index contributed by atoms with van der Waals surface area (Å²) in [4.78, 5) is 0. The van der Waals surface area contributed by atoms with Gasteiger partial charge < -0.3 is 0 Å². The molecule has 1 aromatic heterocycles. The molecule has 0 aliphatic heterocycles. The molecule has 0 radical (unpaired) electrons. The molecule has 0 bridgehead atoms. The first-order valence-corrected chi connectivity index (χ1v) is 6.72. The van der Waals surface area contributed by atoms with Crippen molar-refractivity contribution in [3.05, 3.63) is 66.7 Å². The van der Waals surface area contributed by atoms with Gasteiger partial charge >= 0.3 is 0 Å². The van der Waals surface area contributed by atoms with Gasteiger partial charge in [-0.15, -0.1) is 10.2 Å². The van der Waals surface area contributed by atoms with Crippen LogP contribution in [0, 0.1) is 0 Å². The Hall–Kier alpha value is -2.72. The molecule has 0 spiro atoms. The summed E-state index contributed by atoms with van der Waals surface area (Å²) in [5, 5.41) is 10.0. The number of nitrogens with zero attached hydrogens (tertiary/aromatic N) is 3. The Bertz CT molecular complexity index is 724. The van der Waals surface area contributed by atoms with Crippen LogP contribution >= 0.6 is 0 Å². The first kappa shape index (κ1) is 13.3. The molecule has 3 rings (SSSR count). The molecule has 104 valence electrons. The second-order valence-corrected chi connectivity index (χ2v) is 4.81. The fraction of sp³-hybridized carbons (Fsp3) is 0.0588. The number of nitrogens with two attached hydrogens (primary N) is 1. The largest absolute Gasteiger partial charge is 0.296 e. The van der Waals surface area contributed by atoms with Gasteiger partial charge in [-0.3, -0.25) is 5.01 Å². The molecule has 0 saturated heterocycles. The van der Waals surface area contributed by atoms with E-state index in [1.165, 1.54) is 5.01 Å². The molecule has 0 fully saturated rings. The first-order chi connectivity index (χ1) is 10.3. The van der Waals surface area contributed by atoms with Gasteiger partial charge in [0, 0.05) is 18.2 Å². The van der Waals surface area contributed by atoms with E-state index in [4.69, 9.17) is 5.84 Å². The lowest BCUT2D eigenvalue weighted by atomic mass is 10.00. The molecule has 0 saturated carbocycles. The van der Waals surface area contributed by atoms with Crippen LogP contribution in [0.5, 0.6) is 0 Å². The Morgan fingerprint density at radius 2 is 1.38 bits per heavy atom. The molecule has 21 heavy (non-hydrogen) atoms. The van der Waals surface area contributed by atoms with Gasteiger partial charge in [0.25, 0.3) is 0 Å². The fourth-order valence-electron chi connectivity index (χ4n) is 2.20. The third-order valence-electron chi connectivity index (χ3n) is 3.27. The topological polar surface area (TPSA) is 55.0 Å². The molecule has 0 aliphatic rings. The zero-order chi connectivity index (χ0) is 14.7. The van der Waals surface area contributed by atoms with Gasteiger partial charge in [-0.1, -0.05) is 60.7 Å². The van der Waals surface area contributed by atoms with E-state index in [9.17, 15) is 0 Å². The molecule has 0 amide bonds. The van der Waals surface area contributed by atoms with Gasteiger partial charge in [0.05, 0.1) is 0 Å². The standard InChI is InChI=1S/C17H16N4/c1-21(18)16-12-15(13-8-4-2-5-9-13)17(20-19-16)14-10-6-3-7-11-14/h2-12H,18H2,1H3. The van der Waals surface area contributed by atoms with Crippen LogP contribution in [0.1, 0.15) is 0 Å². The third-order valence-corrected chi connectivity index (χ3v) is 3.27. The van der Waals surface area contributed by atoms with E-state index in [1.54, 1.807) is 7.05 Å². The van der Waals surface area contributed by atoms with Crippen molar-refractivity contribution in [2.45, 2.75) is 0 Å². The van der Waals surface area contributed by atoms with Crippen LogP contribution in [0.4, 0.5) is 5.82 Å². The summed E-state index contributed by atoms with van der Waals surface area (Å²) in [6, 6.07) is 22.1. The van der Waals surface area contributed by atoms with E-state index < -0.39 is 0 Å². The van der Waals surface area contributed by atoms with Crippen molar-refractivity contribution in [2.24, 2.45) is 5.84 Å². The number of hydrogen-bond donors (Lipinski definition) is 1. The summed E-state index contributed by atoms with van der Waals surface area (Å²) in [6.07, 6.45) is 0. The maximum absolute atomic E-state index is 5.78. The fourth-order valence-corrected chi connectivity index (χ4v) is 2.20. The summed E-state index contributed by atoms with van der Waals surface area (Å²) in [7, 11) is 1.75. The Morgan fingerprint density at radius 1 is 0.810 bits per heavy atom. The van der Waals surface area contributed by atoms with Crippen LogP contribution < -0.4 is 10.9 Å². The van der Waals surface area contributed by atoms with Crippen molar-refractivity contribution in [2.75, 3.05) is 12.1 Å². The second-order valence-electron chi connectivity index (χ2n) is 4.81. The highest BCUT2D eigenvalue weighted by molar-refractivity contribution is 5.81. The minimum absolute atomic E-state index is 0.633. The molecular formula is C17H16N4. The van der Waals surface area contributed by atoms with Gasteiger partial charge in [0.2, 0.25) is 0 Å². The van der Waals surface area contributed by atoms with Crippen molar-refractivity contribution >= 4 is 5.82 Å². The van der Waals surface area contributed by atoms with Crippen LogP contribution in [0.15, 0.2) is 66.7 Å². The number of hydrogen-bond acceptors (Lipinski definition) is 4. The highest BCUT2D eigenvalue weighted by Crippen LogP contribution is 2.31. The van der Waals surface area contributed by atoms with Crippen LogP contribution in [0.3, 0.4) is 0 Å². The molecule has 2 aromatic carbocycles. The number of anilines is 1. The van der Waals surface area contributed by atoms with Crippen molar-refractivity contribution in [1.82, 2.24) is 10.2 Å². The lowest BCUT2D eigenvalue weighted by Crippen LogP contribution is -2.26. The summed E-state index contributed by atoms with van der Waals surface area (Å²) in [5.41, 5.74) is 4.00. The van der Waals surface area contributed by atoms with E-state index in [0.717, 1.165) is 22.4 Å². The summed E-state index contributed by atoms with van der Waals surface area (Å²) >= 11 is 0. The lowest BCUT2D eigenvalue weighted by Gasteiger charge is -2.14. The minimum atomic E-state index is 0.633. The van der Waals surface area contributed by atoms with Gasteiger partial charge in [0.1, 0.15) is 5.69 Å². The molecule has 0 aliphatic carbocycles. The molecular weight excluding hydrogens is 260 g/mol. The molecule has 1 heterocycles. The number of rotatable bonds is 3. The van der Waals surface area contributed by atoms with Gasteiger partial charge in [-0.05, 0) is 11.6 Å². The first-order valence-electron chi connectivity index (χ1n) is 6.72. The summed E-state index contributed by atoms with van der Waals surface area (Å²) in [5.74, 6) is 6.41. The maximum Gasteiger partial charge on any atom is 0.165 e. The smallest absolute Gasteiger partial charge is 0.165 e. The van der Waals surface area contributed by atoms with Crippen LogP contribution in [0.2, 0.25) is 0 Å². The van der Waals surface area contributed by atoms with Crippen molar-refractivity contribution < 1.29 is 0 Å². The maximum atomic E-state index is 5.78. The van der Waals surface area contributed by atoms with E-state index in [2.05, 4.69) is 22.3 Å². The average molecular weight is 276 g/mol. The van der Waals surface area contributed by atoms with E-state index in [1.807, 2.05) is 54.6 Å². The predicted octanol–water partition coefficient (Wildman–Crippen LogP) is 3.12. The minimum Gasteiger partial charge on any atom is -0.296 e. The third kappa shape index (κ3) is 2.75. The number of aromatic nitrogens is 2. The Morgan fingerprint density at radius 3 is 1.95 bits per heavy atom. The molecule has 4 heteroatoms. The van der Waals surface area contributed by atoms with Gasteiger partial charge in [0.15, 0.2) is 5.82 Å². The molecule has 3 aromatic rings. The molecule has 0 atom stereocenters. The van der Waals surface area contributed by atoms with E-state index >= 15 is 0 Å². The zero-order valence-corrected chi connectivity index (χ0v) is 11.8. The van der Waals surface area contributed by atoms with Crippen molar-refractivity contribution in [3.63, 3.8) is 0 Å². The molecule has 0 unspecified atom stereocenters. The summed E-state index contributed by atoms with van der Waals surface area (Å²) in [6.45, 7) is 0. The van der Waals surface area contributed by atoms with Crippen LogP contribution in [-0.2, 0) is 0 Å². The van der Waals surface area contributed by atoms with Crippen LogP contribution in [0.25, 0.3) is 22.4 Å².